The normalized spacial score (nSPS) is 18.6. The number of benzene rings is 1. The maximum atomic E-state index is 13.1. The number of amides is 1. The molecular weight excluding hydrogens is 391 g/mol. The second-order valence-electron chi connectivity index (χ2n) is 6.40. The van der Waals surface area contributed by atoms with Crippen LogP contribution in [0.15, 0.2) is 29.4 Å². The third-order valence-corrected chi connectivity index (χ3v) is 7.33. The number of hydrogen-bond acceptors (Lipinski definition) is 6. The van der Waals surface area contributed by atoms with Crippen LogP contribution in [0.25, 0.3) is 11.4 Å². The van der Waals surface area contributed by atoms with Crippen LogP contribution in [0, 0.1) is 5.82 Å². The highest BCUT2D eigenvalue weighted by atomic mass is 32.2. The first-order chi connectivity index (χ1) is 12.8. The van der Waals surface area contributed by atoms with Gasteiger partial charge in [-0.25, -0.2) is 12.8 Å². The molecule has 1 atom stereocenters. The molecule has 0 bridgehead atoms. The highest BCUT2D eigenvalue weighted by Gasteiger charge is 2.33. The molecule has 0 unspecified atom stereocenters. The second-order valence-corrected chi connectivity index (χ2v) is 9.57. The van der Waals surface area contributed by atoms with E-state index in [2.05, 4.69) is 10.2 Å². The largest absolute Gasteiger partial charge is 0.338 e. The lowest BCUT2D eigenvalue weighted by Crippen LogP contribution is -2.42. The van der Waals surface area contributed by atoms with Gasteiger partial charge in [-0.2, -0.15) is 0 Å². The minimum absolute atomic E-state index is 0.0376. The Hall–Kier alpha value is -1.94. The number of rotatable bonds is 6. The predicted octanol–water partition coefficient (Wildman–Crippen LogP) is 1.75. The van der Waals surface area contributed by atoms with E-state index < -0.39 is 9.84 Å². The van der Waals surface area contributed by atoms with Gasteiger partial charge in [0.25, 0.3) is 0 Å². The molecule has 0 saturated carbocycles. The van der Waals surface area contributed by atoms with Gasteiger partial charge in [0.15, 0.2) is 20.8 Å². The standard InChI is InChI=1S/C17H21FN4O3S2/c1-3-22(14-8-9-27(24,25)11-14)15(23)10-26-17-20-19-16(21(17)2)12-4-6-13(18)7-5-12/h4-7,14H,3,8-11H2,1-2H3/t14-/m1/s1. The fourth-order valence-electron chi connectivity index (χ4n) is 3.16. The first-order valence-corrected chi connectivity index (χ1v) is 11.4. The molecule has 0 radical (unpaired) electrons. The quantitative estimate of drug-likeness (QED) is 0.672. The highest BCUT2D eigenvalue weighted by molar-refractivity contribution is 7.99. The molecule has 1 aliphatic rings. The molecule has 1 aliphatic heterocycles. The smallest absolute Gasteiger partial charge is 0.233 e. The average Bonchev–Trinajstić information content (AvgIpc) is 3.17. The monoisotopic (exact) mass is 412 g/mol. The van der Waals surface area contributed by atoms with Gasteiger partial charge in [-0.1, -0.05) is 11.8 Å². The van der Waals surface area contributed by atoms with E-state index in [1.54, 1.807) is 28.6 Å². The maximum Gasteiger partial charge on any atom is 0.233 e. The van der Waals surface area contributed by atoms with E-state index in [-0.39, 0.29) is 35.0 Å². The van der Waals surface area contributed by atoms with Crippen LogP contribution in [0.1, 0.15) is 13.3 Å². The lowest BCUT2D eigenvalue weighted by molar-refractivity contribution is -0.129. The van der Waals surface area contributed by atoms with Crippen LogP contribution in [0.4, 0.5) is 4.39 Å². The molecule has 7 nitrogen and oxygen atoms in total. The Morgan fingerprint density at radius 1 is 1.33 bits per heavy atom. The van der Waals surface area contributed by atoms with Crippen LogP contribution in [-0.2, 0) is 21.7 Å². The van der Waals surface area contributed by atoms with Crippen LogP contribution < -0.4 is 0 Å². The molecule has 1 aromatic heterocycles. The van der Waals surface area contributed by atoms with Crippen molar-refractivity contribution in [2.75, 3.05) is 23.8 Å². The number of sulfone groups is 1. The van der Waals surface area contributed by atoms with Crippen molar-refractivity contribution in [3.8, 4) is 11.4 Å². The molecule has 0 aliphatic carbocycles. The van der Waals surface area contributed by atoms with Gasteiger partial charge < -0.3 is 9.47 Å². The van der Waals surface area contributed by atoms with Crippen LogP contribution in [0.5, 0.6) is 0 Å². The van der Waals surface area contributed by atoms with Crippen molar-refractivity contribution in [3.63, 3.8) is 0 Å². The first kappa shape index (κ1) is 19.8. The van der Waals surface area contributed by atoms with Crippen molar-refractivity contribution in [1.29, 1.82) is 0 Å². The van der Waals surface area contributed by atoms with E-state index in [1.807, 2.05) is 6.92 Å². The summed E-state index contributed by atoms with van der Waals surface area (Å²) in [5.41, 5.74) is 0.732. The van der Waals surface area contributed by atoms with Gasteiger partial charge in [-0.05, 0) is 37.6 Å². The zero-order chi connectivity index (χ0) is 19.6. The van der Waals surface area contributed by atoms with Crippen molar-refractivity contribution in [1.82, 2.24) is 19.7 Å². The number of halogens is 1. The molecule has 2 aromatic rings. The van der Waals surface area contributed by atoms with Crippen molar-refractivity contribution in [3.05, 3.63) is 30.1 Å². The zero-order valence-electron chi connectivity index (χ0n) is 15.1. The van der Waals surface area contributed by atoms with Crippen molar-refractivity contribution in [2.24, 2.45) is 7.05 Å². The van der Waals surface area contributed by atoms with Crippen LogP contribution in [0.2, 0.25) is 0 Å². The number of aromatic nitrogens is 3. The molecular formula is C17H21FN4O3S2. The van der Waals surface area contributed by atoms with E-state index in [9.17, 15) is 17.6 Å². The predicted molar refractivity (Wildman–Crippen MR) is 102 cm³/mol. The van der Waals surface area contributed by atoms with Gasteiger partial charge in [-0.15, -0.1) is 10.2 Å². The van der Waals surface area contributed by atoms with Crippen LogP contribution in [-0.4, -0.2) is 63.8 Å². The van der Waals surface area contributed by atoms with Gasteiger partial charge in [0.2, 0.25) is 5.91 Å². The van der Waals surface area contributed by atoms with Gasteiger partial charge in [0.05, 0.1) is 17.3 Å². The summed E-state index contributed by atoms with van der Waals surface area (Å²) in [4.78, 5) is 14.2. The molecule has 2 heterocycles. The van der Waals surface area contributed by atoms with Gasteiger partial charge in [-0.3, -0.25) is 4.79 Å². The van der Waals surface area contributed by atoms with E-state index in [0.29, 0.717) is 23.9 Å². The molecule has 27 heavy (non-hydrogen) atoms. The van der Waals surface area contributed by atoms with Crippen molar-refractivity contribution < 1.29 is 17.6 Å². The van der Waals surface area contributed by atoms with E-state index in [0.717, 1.165) is 5.56 Å². The van der Waals surface area contributed by atoms with Gasteiger partial charge in [0, 0.05) is 25.2 Å². The number of carbonyl (C=O) groups excluding carboxylic acids is 1. The molecule has 1 fully saturated rings. The number of carbonyl (C=O) groups is 1. The average molecular weight is 413 g/mol. The number of hydrogen-bond donors (Lipinski definition) is 0. The van der Waals surface area contributed by atoms with Gasteiger partial charge in [0.1, 0.15) is 5.82 Å². The van der Waals surface area contributed by atoms with Crippen molar-refractivity contribution >= 4 is 27.5 Å². The lowest BCUT2D eigenvalue weighted by atomic mass is 10.2. The SMILES string of the molecule is CCN(C(=O)CSc1nnc(-c2ccc(F)cc2)n1C)[C@@H]1CCS(=O)(=O)C1. The fourth-order valence-corrected chi connectivity index (χ4v) is 5.69. The Bertz CT molecular complexity index is 928. The summed E-state index contributed by atoms with van der Waals surface area (Å²) in [6.07, 6.45) is 0.491. The molecule has 1 amide bonds. The molecule has 3 rings (SSSR count). The third kappa shape index (κ3) is 4.49. The van der Waals surface area contributed by atoms with E-state index >= 15 is 0 Å². The molecule has 146 valence electrons. The van der Waals surface area contributed by atoms with E-state index in [1.165, 1.54) is 23.9 Å². The van der Waals surface area contributed by atoms with E-state index in [4.69, 9.17) is 0 Å². The third-order valence-electron chi connectivity index (χ3n) is 4.57. The summed E-state index contributed by atoms with van der Waals surface area (Å²) in [5.74, 6) is 0.471. The topological polar surface area (TPSA) is 85.2 Å². The summed E-state index contributed by atoms with van der Waals surface area (Å²) in [6, 6.07) is 5.71. The highest BCUT2D eigenvalue weighted by Crippen LogP contribution is 2.24. The van der Waals surface area contributed by atoms with Gasteiger partial charge >= 0.3 is 0 Å². The molecule has 1 saturated heterocycles. The zero-order valence-corrected chi connectivity index (χ0v) is 16.8. The molecule has 1 aromatic carbocycles. The number of thioether (sulfide) groups is 1. The lowest BCUT2D eigenvalue weighted by Gasteiger charge is -2.26. The molecule has 10 heteroatoms. The summed E-state index contributed by atoms with van der Waals surface area (Å²) in [5, 5.41) is 8.80. The molecule has 0 spiro atoms. The van der Waals surface area contributed by atoms with Crippen LogP contribution in [0.3, 0.4) is 0 Å². The van der Waals surface area contributed by atoms with Crippen LogP contribution >= 0.6 is 11.8 Å². The Morgan fingerprint density at radius 2 is 2.04 bits per heavy atom. The summed E-state index contributed by atoms with van der Waals surface area (Å²) >= 11 is 1.25. The van der Waals surface area contributed by atoms with Crippen molar-refractivity contribution in [2.45, 2.75) is 24.5 Å². The summed E-state index contributed by atoms with van der Waals surface area (Å²) in [6.45, 7) is 2.32. The fraction of sp³-hybridized carbons (Fsp3) is 0.471. The Morgan fingerprint density at radius 3 is 2.63 bits per heavy atom. The Kier molecular flexibility index (Phi) is 5.85. The number of nitrogens with zero attached hydrogens (tertiary/aromatic N) is 4. The maximum absolute atomic E-state index is 13.1. The summed E-state index contributed by atoms with van der Waals surface area (Å²) in [7, 11) is -1.26. The molecule has 0 N–H and O–H groups in total. The Balaban J connectivity index is 1.66. The Labute approximate surface area is 161 Å². The first-order valence-electron chi connectivity index (χ1n) is 8.58. The minimum Gasteiger partial charge on any atom is -0.338 e. The minimum atomic E-state index is -3.04. The second kappa shape index (κ2) is 7.97. The summed E-state index contributed by atoms with van der Waals surface area (Å²) < 4.78 is 38.2.